The van der Waals surface area contributed by atoms with Crippen molar-refractivity contribution in [1.29, 1.82) is 0 Å². The number of benzene rings is 2. The van der Waals surface area contributed by atoms with Gasteiger partial charge in [-0.1, -0.05) is 12.1 Å². The molecule has 1 aliphatic heterocycles. The highest BCUT2D eigenvalue weighted by atomic mass is 16.5. The van der Waals surface area contributed by atoms with E-state index in [1.807, 2.05) is 18.2 Å². The van der Waals surface area contributed by atoms with Crippen LogP contribution in [-0.4, -0.2) is 37.5 Å². The lowest BCUT2D eigenvalue weighted by molar-refractivity contribution is -0.401. The third kappa shape index (κ3) is 3.13. The minimum atomic E-state index is -0.314. The first kappa shape index (κ1) is 19.9. The van der Waals surface area contributed by atoms with Crippen LogP contribution in [0.4, 0.5) is 5.69 Å². The Bertz CT molecular complexity index is 1010. The van der Waals surface area contributed by atoms with Crippen molar-refractivity contribution < 1.29 is 18.8 Å². The van der Waals surface area contributed by atoms with Gasteiger partial charge in [-0.15, -0.1) is 0 Å². The first-order valence-electron chi connectivity index (χ1n) is 9.38. The van der Waals surface area contributed by atoms with Crippen molar-refractivity contribution in [2.75, 3.05) is 21.3 Å². The van der Waals surface area contributed by atoms with Gasteiger partial charge in [0.15, 0.2) is 5.71 Å². The molecule has 0 radical (unpaired) electrons. The molecule has 0 atom stereocenters. The highest BCUT2D eigenvalue weighted by Crippen LogP contribution is 2.40. The normalized spacial score (nSPS) is 15.1. The maximum absolute atomic E-state index is 12.0. The molecule has 0 saturated heterocycles. The number of aryl methyl sites for hydroxylation is 2. The predicted octanol–water partition coefficient (Wildman–Crippen LogP) is 4.82. The van der Waals surface area contributed by atoms with Crippen molar-refractivity contribution in [3.05, 3.63) is 64.2 Å². The van der Waals surface area contributed by atoms with Gasteiger partial charge in [-0.25, -0.2) is 4.79 Å². The Morgan fingerprint density at radius 2 is 1.71 bits per heavy atom. The average molecular weight is 378 g/mol. The van der Waals surface area contributed by atoms with Crippen molar-refractivity contribution in [1.82, 2.24) is 0 Å². The summed E-state index contributed by atoms with van der Waals surface area (Å²) in [6, 6.07) is 9.94. The first-order chi connectivity index (χ1) is 13.2. The highest BCUT2D eigenvalue weighted by molar-refractivity contribution is 6.06. The maximum atomic E-state index is 12.0. The summed E-state index contributed by atoms with van der Waals surface area (Å²) in [7, 11) is 5.18. The molecular weight excluding hydrogens is 350 g/mol. The van der Waals surface area contributed by atoms with E-state index >= 15 is 0 Å². The van der Waals surface area contributed by atoms with E-state index in [1.165, 1.54) is 12.7 Å². The van der Waals surface area contributed by atoms with Gasteiger partial charge >= 0.3 is 5.97 Å². The number of carbonyl (C=O) groups is 1. The molecule has 0 spiro atoms. The minimum Gasteiger partial charge on any atom is -0.496 e. The molecule has 0 N–H and O–H groups in total. The van der Waals surface area contributed by atoms with Crippen LogP contribution in [0, 0.1) is 13.8 Å². The zero-order valence-corrected chi connectivity index (χ0v) is 17.7. The summed E-state index contributed by atoms with van der Waals surface area (Å²) in [6.07, 6.45) is 4.28. The molecule has 28 heavy (non-hydrogen) atoms. The average Bonchev–Trinajstić information content (AvgIpc) is 2.87. The van der Waals surface area contributed by atoms with Crippen molar-refractivity contribution in [3.8, 4) is 5.75 Å². The number of carbonyl (C=O) groups excluding carboxylic acids is 1. The van der Waals surface area contributed by atoms with Crippen molar-refractivity contribution in [2.45, 2.75) is 33.1 Å². The third-order valence-corrected chi connectivity index (χ3v) is 5.68. The predicted molar refractivity (Wildman–Crippen MR) is 113 cm³/mol. The van der Waals surface area contributed by atoms with E-state index in [1.54, 1.807) is 7.11 Å². The van der Waals surface area contributed by atoms with E-state index in [0.29, 0.717) is 5.56 Å². The second-order valence-corrected chi connectivity index (χ2v) is 7.77. The van der Waals surface area contributed by atoms with Crippen LogP contribution in [0.5, 0.6) is 5.75 Å². The van der Waals surface area contributed by atoms with E-state index in [9.17, 15) is 4.79 Å². The van der Waals surface area contributed by atoms with Gasteiger partial charge in [0.25, 0.3) is 0 Å². The van der Waals surface area contributed by atoms with E-state index in [0.717, 1.165) is 33.8 Å². The van der Waals surface area contributed by atoms with Crippen LogP contribution in [0.3, 0.4) is 0 Å². The number of esters is 1. The van der Waals surface area contributed by atoms with Crippen LogP contribution < -0.4 is 4.74 Å². The van der Waals surface area contributed by atoms with E-state index in [-0.39, 0.29) is 11.4 Å². The fourth-order valence-electron chi connectivity index (χ4n) is 4.03. The summed E-state index contributed by atoms with van der Waals surface area (Å²) in [5, 5.41) is 0. The lowest BCUT2D eigenvalue weighted by Gasteiger charge is -2.16. The lowest BCUT2D eigenvalue weighted by atomic mass is 9.80. The quantitative estimate of drug-likeness (QED) is 0.566. The number of hydrogen-bond donors (Lipinski definition) is 0. The van der Waals surface area contributed by atoms with Gasteiger partial charge < -0.3 is 9.47 Å². The van der Waals surface area contributed by atoms with Gasteiger partial charge in [0, 0.05) is 23.3 Å². The van der Waals surface area contributed by atoms with Crippen molar-refractivity contribution in [2.24, 2.45) is 0 Å². The Hall–Kier alpha value is -2.88. The molecule has 4 heteroatoms. The zero-order chi connectivity index (χ0) is 20.6. The maximum Gasteiger partial charge on any atom is 0.337 e. The monoisotopic (exact) mass is 378 g/mol. The number of ether oxygens (including phenoxy) is 2. The topological polar surface area (TPSA) is 38.5 Å². The minimum absolute atomic E-state index is 0.240. The molecule has 0 aliphatic carbocycles. The molecule has 0 unspecified atom stereocenters. The fourth-order valence-corrected chi connectivity index (χ4v) is 4.03. The van der Waals surface area contributed by atoms with Crippen LogP contribution in [0.1, 0.15) is 46.5 Å². The molecule has 2 aromatic carbocycles. The van der Waals surface area contributed by atoms with Crippen LogP contribution in [0.25, 0.3) is 6.08 Å². The molecule has 1 aliphatic rings. The Morgan fingerprint density at radius 3 is 2.36 bits per heavy atom. The number of fused-ring (bicyclic) bond motifs is 1. The first-order valence-corrected chi connectivity index (χ1v) is 9.38. The van der Waals surface area contributed by atoms with Gasteiger partial charge in [0.1, 0.15) is 12.8 Å². The van der Waals surface area contributed by atoms with Crippen LogP contribution >= 0.6 is 0 Å². The van der Waals surface area contributed by atoms with Crippen LogP contribution in [0.15, 0.2) is 36.4 Å². The van der Waals surface area contributed by atoms with Gasteiger partial charge in [0.05, 0.1) is 25.2 Å². The standard InChI is InChI=1S/C24H28NO3/c1-15-8-9-16(2)22(27-6)18(15)11-13-21-24(3,4)19-14-17(23(26)28-7)10-12-20(19)25(21)5/h8-14H,1-7H3/q+1. The molecular formula is C24H28NO3+. The van der Waals surface area contributed by atoms with Crippen molar-refractivity contribution >= 4 is 23.4 Å². The molecule has 0 bridgehead atoms. The highest BCUT2D eigenvalue weighted by Gasteiger charge is 2.43. The van der Waals surface area contributed by atoms with Crippen LogP contribution in [-0.2, 0) is 10.2 Å². The molecule has 3 rings (SSSR count). The Labute approximate surface area is 167 Å². The lowest BCUT2D eigenvalue weighted by Crippen LogP contribution is -2.26. The molecule has 146 valence electrons. The smallest absolute Gasteiger partial charge is 0.337 e. The Kier molecular flexibility index (Phi) is 5.16. The van der Waals surface area contributed by atoms with Gasteiger partial charge in [-0.2, -0.15) is 4.58 Å². The van der Waals surface area contributed by atoms with Crippen LogP contribution in [0.2, 0.25) is 0 Å². The molecule has 0 fully saturated rings. The second kappa shape index (κ2) is 7.27. The Morgan fingerprint density at radius 1 is 1.04 bits per heavy atom. The van der Waals surface area contributed by atoms with Gasteiger partial charge in [-0.3, -0.25) is 0 Å². The summed E-state index contributed by atoms with van der Waals surface area (Å²) in [5.41, 5.74) is 7.08. The number of methoxy groups -OCH3 is 2. The van der Waals surface area contributed by atoms with E-state index in [4.69, 9.17) is 9.47 Å². The van der Waals surface area contributed by atoms with Gasteiger partial charge in [0.2, 0.25) is 5.69 Å². The summed E-state index contributed by atoms with van der Waals surface area (Å²) in [6.45, 7) is 8.50. The molecule has 0 saturated carbocycles. The summed E-state index contributed by atoms with van der Waals surface area (Å²) in [5.74, 6) is 0.589. The number of rotatable bonds is 4. The fraction of sp³-hybridized carbons (Fsp3) is 0.333. The molecule has 0 aromatic heterocycles. The van der Waals surface area contributed by atoms with E-state index < -0.39 is 0 Å². The SMILES string of the molecule is COC(=O)c1ccc2c(c1)C(C)(C)C(C=Cc1c(C)ccc(C)c1OC)=[N+]2C. The molecule has 2 aromatic rings. The summed E-state index contributed by atoms with van der Waals surface area (Å²) >= 11 is 0. The van der Waals surface area contributed by atoms with E-state index in [2.05, 4.69) is 63.6 Å². The molecule has 4 nitrogen and oxygen atoms in total. The number of allylic oxidation sites excluding steroid dienone is 1. The summed E-state index contributed by atoms with van der Waals surface area (Å²) < 4.78 is 12.7. The number of nitrogens with zero attached hydrogens (tertiary/aromatic N) is 1. The summed E-state index contributed by atoms with van der Waals surface area (Å²) in [4.78, 5) is 12.0. The second-order valence-electron chi connectivity index (χ2n) is 7.77. The number of hydrogen-bond acceptors (Lipinski definition) is 3. The molecule has 0 amide bonds. The Balaban J connectivity index is 2.07. The molecule has 1 heterocycles. The van der Waals surface area contributed by atoms with Gasteiger partial charge in [-0.05, 0) is 57.0 Å². The van der Waals surface area contributed by atoms with Crippen molar-refractivity contribution in [3.63, 3.8) is 0 Å². The zero-order valence-electron chi connectivity index (χ0n) is 17.7. The third-order valence-electron chi connectivity index (χ3n) is 5.68. The largest absolute Gasteiger partial charge is 0.496 e.